The van der Waals surface area contributed by atoms with Crippen LogP contribution in [-0.2, 0) is 16.0 Å². The largest absolute Gasteiger partial charge is 0.368 e. The van der Waals surface area contributed by atoms with E-state index in [9.17, 15) is 9.59 Å². The minimum atomic E-state index is -0.135. The standard InChI is InChI=1S/C23H26N4O2S/c1-15-4-5-16(2)20(12-15)26-8-10-27(11-9-26)22(29)14-18-6-7-19-21(13-18)30-23(25-19)24-17(3)28/h4-7,12-13H,8-11,14H2,1-3H3,(H,24,25,28). The predicted octanol–water partition coefficient (Wildman–Crippen LogP) is 3.76. The van der Waals surface area contributed by atoms with E-state index in [0.717, 1.165) is 42.0 Å². The van der Waals surface area contributed by atoms with Crippen molar-refractivity contribution in [3.05, 3.63) is 53.1 Å². The Labute approximate surface area is 180 Å². The number of fused-ring (bicyclic) bond motifs is 1. The second kappa shape index (κ2) is 8.44. The molecule has 1 saturated heterocycles. The molecule has 1 fully saturated rings. The number of anilines is 2. The highest BCUT2D eigenvalue weighted by Gasteiger charge is 2.22. The summed E-state index contributed by atoms with van der Waals surface area (Å²) in [5.74, 6) is 0.0195. The summed E-state index contributed by atoms with van der Waals surface area (Å²) in [5, 5.41) is 3.31. The average Bonchev–Trinajstić information content (AvgIpc) is 3.10. The lowest BCUT2D eigenvalue weighted by Gasteiger charge is -2.37. The Hall–Kier alpha value is -2.93. The number of hydrogen-bond acceptors (Lipinski definition) is 5. The fourth-order valence-electron chi connectivity index (χ4n) is 3.83. The maximum absolute atomic E-state index is 12.9. The number of thiazole rings is 1. The van der Waals surface area contributed by atoms with Gasteiger partial charge in [-0.25, -0.2) is 4.98 Å². The van der Waals surface area contributed by atoms with Crippen LogP contribution < -0.4 is 10.2 Å². The van der Waals surface area contributed by atoms with Gasteiger partial charge in [-0.1, -0.05) is 29.5 Å². The molecule has 0 unspecified atom stereocenters. The van der Waals surface area contributed by atoms with E-state index >= 15 is 0 Å². The lowest BCUT2D eigenvalue weighted by molar-refractivity contribution is -0.130. The molecule has 7 heteroatoms. The lowest BCUT2D eigenvalue weighted by atomic mass is 10.1. The smallest absolute Gasteiger partial charge is 0.227 e. The third-order valence-corrected chi connectivity index (χ3v) is 6.36. The molecule has 2 amide bonds. The topological polar surface area (TPSA) is 65.5 Å². The number of amides is 2. The van der Waals surface area contributed by atoms with E-state index in [4.69, 9.17) is 0 Å². The molecular formula is C23H26N4O2S. The molecule has 4 rings (SSSR count). The molecule has 1 N–H and O–H groups in total. The van der Waals surface area contributed by atoms with E-state index in [0.29, 0.717) is 11.6 Å². The first-order valence-corrected chi connectivity index (χ1v) is 11.0. The zero-order valence-electron chi connectivity index (χ0n) is 17.6. The van der Waals surface area contributed by atoms with Gasteiger partial charge in [0.05, 0.1) is 16.6 Å². The van der Waals surface area contributed by atoms with E-state index < -0.39 is 0 Å². The Balaban J connectivity index is 1.38. The van der Waals surface area contributed by atoms with Crippen LogP contribution in [0, 0.1) is 13.8 Å². The van der Waals surface area contributed by atoms with Gasteiger partial charge in [0.25, 0.3) is 0 Å². The fraction of sp³-hybridized carbons (Fsp3) is 0.348. The Morgan fingerprint density at radius 2 is 1.83 bits per heavy atom. The molecule has 2 heterocycles. The summed E-state index contributed by atoms with van der Waals surface area (Å²) in [6, 6.07) is 12.4. The SMILES string of the molecule is CC(=O)Nc1nc2ccc(CC(=O)N3CCN(c4cc(C)ccc4C)CC3)cc2s1. The van der Waals surface area contributed by atoms with Gasteiger partial charge in [-0.15, -0.1) is 0 Å². The summed E-state index contributed by atoms with van der Waals surface area (Å²) in [6.45, 7) is 8.90. The average molecular weight is 423 g/mol. The fourth-order valence-corrected chi connectivity index (χ4v) is 4.80. The minimum Gasteiger partial charge on any atom is -0.368 e. The maximum atomic E-state index is 12.9. The summed E-state index contributed by atoms with van der Waals surface area (Å²) >= 11 is 1.43. The van der Waals surface area contributed by atoms with Gasteiger partial charge in [-0.05, 0) is 48.7 Å². The van der Waals surface area contributed by atoms with Gasteiger partial charge < -0.3 is 15.1 Å². The van der Waals surface area contributed by atoms with Crippen LogP contribution in [0.1, 0.15) is 23.6 Å². The summed E-state index contributed by atoms with van der Waals surface area (Å²) in [7, 11) is 0. The highest BCUT2D eigenvalue weighted by molar-refractivity contribution is 7.22. The molecule has 0 saturated carbocycles. The number of aryl methyl sites for hydroxylation is 2. The first-order valence-electron chi connectivity index (χ1n) is 10.2. The van der Waals surface area contributed by atoms with Crippen molar-refractivity contribution in [2.75, 3.05) is 36.4 Å². The summed E-state index contributed by atoms with van der Waals surface area (Å²) in [6.07, 6.45) is 0.382. The van der Waals surface area contributed by atoms with E-state index in [1.54, 1.807) is 0 Å². The van der Waals surface area contributed by atoms with Crippen LogP contribution in [0.5, 0.6) is 0 Å². The van der Waals surface area contributed by atoms with Gasteiger partial charge in [0.15, 0.2) is 5.13 Å². The summed E-state index contributed by atoms with van der Waals surface area (Å²) in [5.41, 5.74) is 5.61. The van der Waals surface area contributed by atoms with Gasteiger partial charge in [0.2, 0.25) is 11.8 Å². The number of carbonyl (C=O) groups excluding carboxylic acids is 2. The number of nitrogens with zero attached hydrogens (tertiary/aromatic N) is 3. The van der Waals surface area contributed by atoms with Crippen LogP contribution in [-0.4, -0.2) is 47.9 Å². The molecule has 0 atom stereocenters. The number of piperazine rings is 1. The highest BCUT2D eigenvalue weighted by atomic mass is 32.1. The molecule has 0 bridgehead atoms. The van der Waals surface area contributed by atoms with Crippen molar-refractivity contribution < 1.29 is 9.59 Å². The van der Waals surface area contributed by atoms with Crippen molar-refractivity contribution in [2.45, 2.75) is 27.2 Å². The first kappa shape index (κ1) is 20.3. The van der Waals surface area contributed by atoms with E-state index in [1.807, 2.05) is 23.1 Å². The molecule has 2 aromatic carbocycles. The number of nitrogens with one attached hydrogen (secondary N) is 1. The normalized spacial score (nSPS) is 14.2. The Morgan fingerprint density at radius 1 is 1.07 bits per heavy atom. The molecule has 3 aromatic rings. The van der Waals surface area contributed by atoms with Gasteiger partial charge >= 0.3 is 0 Å². The van der Waals surface area contributed by atoms with Gasteiger partial charge in [-0.3, -0.25) is 9.59 Å². The van der Waals surface area contributed by atoms with Crippen LogP contribution >= 0.6 is 11.3 Å². The van der Waals surface area contributed by atoms with E-state index in [-0.39, 0.29) is 11.8 Å². The van der Waals surface area contributed by atoms with Crippen molar-refractivity contribution in [3.8, 4) is 0 Å². The molecule has 1 aromatic heterocycles. The molecule has 1 aliphatic heterocycles. The summed E-state index contributed by atoms with van der Waals surface area (Å²) in [4.78, 5) is 32.8. The van der Waals surface area contributed by atoms with Crippen LogP contribution in [0.25, 0.3) is 10.2 Å². The van der Waals surface area contributed by atoms with Crippen molar-refractivity contribution in [1.82, 2.24) is 9.88 Å². The number of aromatic nitrogens is 1. The second-order valence-electron chi connectivity index (χ2n) is 7.84. The van der Waals surface area contributed by atoms with Gasteiger partial charge in [-0.2, -0.15) is 0 Å². The second-order valence-corrected chi connectivity index (χ2v) is 8.87. The first-order chi connectivity index (χ1) is 14.4. The third-order valence-electron chi connectivity index (χ3n) is 5.43. The molecule has 0 aliphatic carbocycles. The van der Waals surface area contributed by atoms with Gasteiger partial charge in [0, 0.05) is 38.8 Å². The molecule has 0 radical (unpaired) electrons. The monoisotopic (exact) mass is 422 g/mol. The predicted molar refractivity (Wildman–Crippen MR) is 122 cm³/mol. The zero-order valence-corrected chi connectivity index (χ0v) is 18.4. The number of benzene rings is 2. The number of carbonyl (C=O) groups is 2. The molecule has 0 spiro atoms. The Morgan fingerprint density at radius 3 is 2.57 bits per heavy atom. The zero-order chi connectivity index (χ0) is 21.3. The Bertz CT molecular complexity index is 1100. The van der Waals surface area contributed by atoms with Crippen molar-refractivity contribution >= 4 is 44.2 Å². The number of rotatable bonds is 4. The quantitative estimate of drug-likeness (QED) is 0.695. The Kier molecular flexibility index (Phi) is 5.72. The van der Waals surface area contributed by atoms with Crippen LogP contribution in [0.3, 0.4) is 0 Å². The van der Waals surface area contributed by atoms with E-state index in [1.165, 1.54) is 35.1 Å². The highest BCUT2D eigenvalue weighted by Crippen LogP contribution is 2.27. The molecule has 156 valence electrons. The van der Waals surface area contributed by atoms with Crippen LogP contribution in [0.15, 0.2) is 36.4 Å². The number of hydrogen-bond donors (Lipinski definition) is 1. The molecular weight excluding hydrogens is 396 g/mol. The lowest BCUT2D eigenvalue weighted by Crippen LogP contribution is -2.49. The molecule has 1 aliphatic rings. The van der Waals surface area contributed by atoms with Crippen molar-refractivity contribution in [1.29, 1.82) is 0 Å². The third kappa shape index (κ3) is 4.46. The maximum Gasteiger partial charge on any atom is 0.227 e. The van der Waals surface area contributed by atoms with Crippen molar-refractivity contribution in [2.24, 2.45) is 0 Å². The summed E-state index contributed by atoms with van der Waals surface area (Å²) < 4.78 is 0.976. The van der Waals surface area contributed by atoms with Crippen molar-refractivity contribution in [3.63, 3.8) is 0 Å². The van der Waals surface area contributed by atoms with Gasteiger partial charge in [0.1, 0.15) is 0 Å². The van der Waals surface area contributed by atoms with Crippen LogP contribution in [0.2, 0.25) is 0 Å². The molecule has 6 nitrogen and oxygen atoms in total. The molecule has 30 heavy (non-hydrogen) atoms. The van der Waals surface area contributed by atoms with Crippen LogP contribution in [0.4, 0.5) is 10.8 Å². The van der Waals surface area contributed by atoms with E-state index in [2.05, 4.69) is 47.2 Å². The minimum absolute atomic E-state index is 0.135.